The van der Waals surface area contributed by atoms with Gasteiger partial charge in [-0.1, -0.05) is 58.8 Å². The van der Waals surface area contributed by atoms with Crippen LogP contribution in [0.25, 0.3) is 0 Å². The second-order valence-electron chi connectivity index (χ2n) is 5.71. The molecule has 0 amide bonds. The second kappa shape index (κ2) is 11.5. The molecule has 0 spiro atoms. The SMILES string of the molecule is CCCCC(O)CCCCCCC(CCC)S(=O)(=O)O. The molecule has 0 aliphatic carbocycles. The zero-order valence-corrected chi connectivity index (χ0v) is 13.9. The maximum atomic E-state index is 11.2. The van der Waals surface area contributed by atoms with E-state index in [4.69, 9.17) is 4.55 Å². The average Bonchev–Trinajstić information content (AvgIpc) is 2.37. The summed E-state index contributed by atoms with van der Waals surface area (Å²) in [4.78, 5) is 0. The van der Waals surface area contributed by atoms with Crippen molar-refractivity contribution in [1.29, 1.82) is 0 Å². The second-order valence-corrected chi connectivity index (χ2v) is 7.41. The molecule has 0 bridgehead atoms. The molecule has 0 fully saturated rings. The van der Waals surface area contributed by atoms with Gasteiger partial charge in [0.1, 0.15) is 0 Å². The van der Waals surface area contributed by atoms with E-state index in [1.54, 1.807) is 0 Å². The van der Waals surface area contributed by atoms with Gasteiger partial charge >= 0.3 is 0 Å². The Labute approximate surface area is 124 Å². The maximum Gasteiger partial charge on any atom is 0.267 e. The molecule has 0 saturated heterocycles. The van der Waals surface area contributed by atoms with Gasteiger partial charge in [-0.25, -0.2) is 0 Å². The van der Waals surface area contributed by atoms with Crippen LogP contribution >= 0.6 is 0 Å². The predicted octanol–water partition coefficient (Wildman–Crippen LogP) is 3.93. The molecule has 2 unspecified atom stereocenters. The minimum atomic E-state index is -3.88. The van der Waals surface area contributed by atoms with E-state index in [1.807, 2.05) is 6.92 Å². The molecule has 2 N–H and O–H groups in total. The Morgan fingerprint density at radius 1 is 0.800 bits per heavy atom. The van der Waals surface area contributed by atoms with Crippen LogP contribution in [0.4, 0.5) is 0 Å². The lowest BCUT2D eigenvalue weighted by molar-refractivity contribution is 0.148. The summed E-state index contributed by atoms with van der Waals surface area (Å²) in [5.74, 6) is 0. The highest BCUT2D eigenvalue weighted by molar-refractivity contribution is 7.86. The van der Waals surface area contributed by atoms with Crippen molar-refractivity contribution in [3.8, 4) is 0 Å². The fraction of sp³-hybridized carbons (Fsp3) is 1.00. The maximum absolute atomic E-state index is 11.2. The first-order valence-corrected chi connectivity index (χ1v) is 9.56. The fourth-order valence-corrected chi connectivity index (χ4v) is 3.45. The van der Waals surface area contributed by atoms with E-state index in [-0.39, 0.29) is 6.10 Å². The van der Waals surface area contributed by atoms with Gasteiger partial charge in [0.25, 0.3) is 10.1 Å². The Balaban J connectivity index is 3.64. The summed E-state index contributed by atoms with van der Waals surface area (Å²) in [5.41, 5.74) is 0. The Morgan fingerprint density at radius 2 is 1.35 bits per heavy atom. The van der Waals surface area contributed by atoms with Crippen LogP contribution in [-0.2, 0) is 10.1 Å². The van der Waals surface area contributed by atoms with Crippen LogP contribution in [-0.4, -0.2) is 29.4 Å². The minimum absolute atomic E-state index is 0.180. The van der Waals surface area contributed by atoms with Crippen LogP contribution in [0, 0.1) is 0 Å². The molecular weight excluding hydrogens is 276 g/mol. The molecule has 0 heterocycles. The third kappa shape index (κ3) is 10.6. The summed E-state index contributed by atoms with van der Waals surface area (Å²) in [6.45, 7) is 4.05. The quantitative estimate of drug-likeness (QED) is 0.399. The number of aliphatic hydroxyl groups is 1. The standard InChI is InChI=1S/C15H32O4S/c1-3-5-11-14(16)12-8-6-7-9-13-15(10-4-2)20(17,18)19/h14-16H,3-13H2,1-2H3,(H,17,18,19). The van der Waals surface area contributed by atoms with Crippen LogP contribution in [0.3, 0.4) is 0 Å². The van der Waals surface area contributed by atoms with Crippen molar-refractivity contribution in [1.82, 2.24) is 0 Å². The third-order valence-electron chi connectivity index (χ3n) is 3.74. The van der Waals surface area contributed by atoms with Gasteiger partial charge in [-0.15, -0.1) is 0 Å². The topological polar surface area (TPSA) is 74.6 Å². The van der Waals surface area contributed by atoms with E-state index >= 15 is 0 Å². The third-order valence-corrected chi connectivity index (χ3v) is 5.05. The van der Waals surface area contributed by atoms with Crippen LogP contribution in [0.15, 0.2) is 0 Å². The van der Waals surface area contributed by atoms with Gasteiger partial charge in [0.2, 0.25) is 0 Å². The molecule has 0 aromatic heterocycles. The van der Waals surface area contributed by atoms with E-state index in [2.05, 4.69) is 6.92 Å². The predicted molar refractivity (Wildman–Crippen MR) is 83.5 cm³/mol. The van der Waals surface area contributed by atoms with Crippen LogP contribution in [0.5, 0.6) is 0 Å². The van der Waals surface area contributed by atoms with E-state index < -0.39 is 15.4 Å². The van der Waals surface area contributed by atoms with Gasteiger partial charge in [0.15, 0.2) is 0 Å². The number of rotatable bonds is 13. The van der Waals surface area contributed by atoms with Crippen LogP contribution in [0.2, 0.25) is 0 Å². The molecule has 0 radical (unpaired) electrons. The summed E-state index contributed by atoms with van der Waals surface area (Å²) in [5, 5.41) is 9.09. The summed E-state index contributed by atoms with van der Waals surface area (Å²) >= 11 is 0. The summed E-state index contributed by atoms with van der Waals surface area (Å²) < 4.78 is 31.4. The van der Waals surface area contributed by atoms with Crippen molar-refractivity contribution in [3.63, 3.8) is 0 Å². The van der Waals surface area contributed by atoms with Crippen molar-refractivity contribution in [2.75, 3.05) is 0 Å². The lowest BCUT2D eigenvalue weighted by Gasteiger charge is -2.13. The molecular formula is C15H32O4S. The molecule has 0 rings (SSSR count). The van der Waals surface area contributed by atoms with Gasteiger partial charge in [-0.2, -0.15) is 8.42 Å². The van der Waals surface area contributed by atoms with Crippen molar-refractivity contribution in [2.24, 2.45) is 0 Å². The fourth-order valence-electron chi connectivity index (χ4n) is 2.45. The number of aliphatic hydroxyl groups excluding tert-OH is 1. The van der Waals surface area contributed by atoms with Gasteiger partial charge < -0.3 is 5.11 Å². The number of hydrogen-bond acceptors (Lipinski definition) is 3. The van der Waals surface area contributed by atoms with E-state index in [9.17, 15) is 13.5 Å². The lowest BCUT2D eigenvalue weighted by atomic mass is 10.0. The molecule has 0 aliphatic heterocycles. The van der Waals surface area contributed by atoms with E-state index in [0.717, 1.165) is 57.8 Å². The first-order valence-electron chi connectivity index (χ1n) is 8.06. The monoisotopic (exact) mass is 308 g/mol. The molecule has 0 saturated carbocycles. The normalized spacial score (nSPS) is 15.2. The van der Waals surface area contributed by atoms with Gasteiger partial charge in [-0.05, 0) is 25.7 Å². The van der Waals surface area contributed by atoms with Crippen LogP contribution in [0.1, 0.15) is 84.5 Å². The number of unbranched alkanes of at least 4 members (excludes halogenated alkanes) is 4. The highest BCUT2D eigenvalue weighted by Crippen LogP contribution is 2.17. The molecule has 0 aromatic rings. The van der Waals surface area contributed by atoms with Crippen molar-refractivity contribution in [3.05, 3.63) is 0 Å². The molecule has 20 heavy (non-hydrogen) atoms. The molecule has 5 heteroatoms. The van der Waals surface area contributed by atoms with Crippen LogP contribution < -0.4 is 0 Å². The first-order chi connectivity index (χ1) is 9.41. The molecule has 4 nitrogen and oxygen atoms in total. The Kier molecular flexibility index (Phi) is 11.4. The van der Waals surface area contributed by atoms with E-state index in [0.29, 0.717) is 12.8 Å². The molecule has 2 atom stereocenters. The zero-order valence-electron chi connectivity index (χ0n) is 13.1. The summed E-state index contributed by atoms with van der Waals surface area (Å²) in [6, 6.07) is 0. The zero-order chi connectivity index (χ0) is 15.4. The van der Waals surface area contributed by atoms with Crippen molar-refractivity contribution in [2.45, 2.75) is 95.8 Å². The Morgan fingerprint density at radius 3 is 1.85 bits per heavy atom. The van der Waals surface area contributed by atoms with Gasteiger partial charge in [0, 0.05) is 0 Å². The molecule has 0 aromatic carbocycles. The minimum Gasteiger partial charge on any atom is -0.393 e. The molecule has 122 valence electrons. The van der Waals surface area contributed by atoms with Gasteiger partial charge in [0.05, 0.1) is 11.4 Å². The first kappa shape index (κ1) is 19.9. The summed E-state index contributed by atoms with van der Waals surface area (Å²) in [7, 11) is -3.88. The Bertz CT molecular complexity index is 314. The summed E-state index contributed by atoms with van der Waals surface area (Å²) in [6.07, 6.45) is 9.41. The number of hydrogen-bond donors (Lipinski definition) is 2. The highest BCUT2D eigenvalue weighted by atomic mass is 32.2. The Hall–Kier alpha value is -0.130. The van der Waals surface area contributed by atoms with E-state index in [1.165, 1.54) is 0 Å². The van der Waals surface area contributed by atoms with Crippen molar-refractivity contribution < 1.29 is 18.1 Å². The van der Waals surface area contributed by atoms with Gasteiger partial charge in [-0.3, -0.25) is 4.55 Å². The highest BCUT2D eigenvalue weighted by Gasteiger charge is 2.21. The average molecular weight is 308 g/mol. The molecule has 0 aliphatic rings. The smallest absolute Gasteiger partial charge is 0.267 e. The van der Waals surface area contributed by atoms with Crippen molar-refractivity contribution >= 4 is 10.1 Å². The largest absolute Gasteiger partial charge is 0.393 e. The lowest BCUT2D eigenvalue weighted by Crippen LogP contribution is -2.20.